The minimum Gasteiger partial charge on any atom is -0.379 e. The summed E-state index contributed by atoms with van der Waals surface area (Å²) >= 11 is 0. The molecule has 1 fully saturated rings. The molecule has 1 unspecified atom stereocenters. The number of hydrogen-bond donors (Lipinski definition) is 2. The predicted octanol–water partition coefficient (Wildman–Crippen LogP) is 1.46. The Hall–Kier alpha value is -1.48. The van der Waals surface area contributed by atoms with Crippen LogP contribution in [0, 0.1) is 5.92 Å². The molecule has 1 aromatic rings. The van der Waals surface area contributed by atoms with Gasteiger partial charge in [0.05, 0.1) is 18.1 Å². The molecular formula is C19H31N3O4S. The second-order valence-corrected chi connectivity index (χ2v) is 8.51. The van der Waals surface area contributed by atoms with Crippen molar-refractivity contribution in [3.05, 3.63) is 29.8 Å². The third kappa shape index (κ3) is 5.75. The minimum atomic E-state index is -3.63. The zero-order chi connectivity index (χ0) is 19.9. The van der Waals surface area contributed by atoms with Crippen molar-refractivity contribution >= 4 is 15.9 Å². The second-order valence-electron chi connectivity index (χ2n) is 6.75. The fraction of sp³-hybridized carbons (Fsp3) is 0.632. The molecule has 1 saturated heterocycles. The third-order valence-electron chi connectivity index (χ3n) is 5.24. The van der Waals surface area contributed by atoms with E-state index in [-0.39, 0.29) is 16.8 Å². The highest BCUT2D eigenvalue weighted by molar-refractivity contribution is 7.89. The molecule has 27 heavy (non-hydrogen) atoms. The second kappa shape index (κ2) is 10.2. The zero-order valence-corrected chi connectivity index (χ0v) is 17.2. The molecule has 0 spiro atoms. The summed E-state index contributed by atoms with van der Waals surface area (Å²) in [6.07, 6.45) is 2.00. The number of ether oxygens (including phenoxy) is 1. The molecule has 1 aliphatic heterocycles. The summed E-state index contributed by atoms with van der Waals surface area (Å²) in [7, 11) is -2.09. The monoisotopic (exact) mass is 397 g/mol. The van der Waals surface area contributed by atoms with Crippen molar-refractivity contribution in [3.8, 4) is 0 Å². The summed E-state index contributed by atoms with van der Waals surface area (Å²) in [6.45, 7) is 7.68. The van der Waals surface area contributed by atoms with Gasteiger partial charge >= 0.3 is 0 Å². The van der Waals surface area contributed by atoms with E-state index in [4.69, 9.17) is 4.74 Å². The molecule has 0 saturated carbocycles. The Balaban J connectivity index is 2.10. The lowest BCUT2D eigenvalue weighted by atomic mass is 9.92. The molecule has 7 nitrogen and oxygen atoms in total. The van der Waals surface area contributed by atoms with Gasteiger partial charge < -0.3 is 10.1 Å². The van der Waals surface area contributed by atoms with Gasteiger partial charge in [-0.15, -0.1) is 0 Å². The summed E-state index contributed by atoms with van der Waals surface area (Å²) in [5, 5.41) is 2.52. The lowest BCUT2D eigenvalue weighted by molar-refractivity contribution is 0.00297. The van der Waals surface area contributed by atoms with Crippen LogP contribution in [-0.2, 0) is 14.8 Å². The standard InChI is InChI=1S/C19H31N3O4S/c1-4-15(5-2)18(22-10-12-26-13-11-22)14-21-27(24,25)17-8-6-16(7-9-17)19(23)20-3/h6-9,15,18,21H,4-5,10-14H2,1-3H3,(H,20,23). The normalized spacial score (nSPS) is 17.0. The molecule has 0 aliphatic carbocycles. The number of nitrogens with zero attached hydrogens (tertiary/aromatic N) is 1. The van der Waals surface area contributed by atoms with E-state index in [1.165, 1.54) is 31.3 Å². The van der Waals surface area contributed by atoms with Crippen LogP contribution in [0.3, 0.4) is 0 Å². The van der Waals surface area contributed by atoms with Gasteiger partial charge in [-0.2, -0.15) is 0 Å². The van der Waals surface area contributed by atoms with E-state index in [1.54, 1.807) is 0 Å². The lowest BCUT2D eigenvalue weighted by Crippen LogP contribution is -2.52. The molecule has 1 heterocycles. The highest BCUT2D eigenvalue weighted by Crippen LogP contribution is 2.20. The van der Waals surface area contributed by atoms with Crippen molar-refractivity contribution in [1.29, 1.82) is 0 Å². The quantitative estimate of drug-likeness (QED) is 0.659. The van der Waals surface area contributed by atoms with Crippen molar-refractivity contribution in [2.45, 2.75) is 37.6 Å². The molecule has 8 heteroatoms. The molecule has 0 radical (unpaired) electrons. The molecular weight excluding hydrogens is 366 g/mol. The minimum absolute atomic E-state index is 0.142. The lowest BCUT2D eigenvalue weighted by Gasteiger charge is -2.38. The van der Waals surface area contributed by atoms with Crippen molar-refractivity contribution in [2.75, 3.05) is 39.9 Å². The molecule has 152 valence electrons. The average molecular weight is 398 g/mol. The van der Waals surface area contributed by atoms with Crippen molar-refractivity contribution in [1.82, 2.24) is 14.9 Å². The van der Waals surface area contributed by atoms with E-state index in [0.717, 1.165) is 25.9 Å². The maximum atomic E-state index is 12.7. The molecule has 0 aromatic heterocycles. The average Bonchev–Trinajstić information content (AvgIpc) is 2.71. The van der Waals surface area contributed by atoms with Crippen LogP contribution in [0.5, 0.6) is 0 Å². The SMILES string of the molecule is CCC(CC)C(CNS(=O)(=O)c1ccc(C(=O)NC)cc1)N1CCOCC1. The number of amides is 1. The first-order chi connectivity index (χ1) is 12.9. The van der Waals surface area contributed by atoms with Gasteiger partial charge in [0, 0.05) is 38.3 Å². The van der Waals surface area contributed by atoms with Crippen LogP contribution in [0.25, 0.3) is 0 Å². The number of carbonyl (C=O) groups excluding carboxylic acids is 1. The first-order valence-electron chi connectivity index (χ1n) is 9.56. The third-order valence-corrected chi connectivity index (χ3v) is 6.68. The van der Waals surface area contributed by atoms with E-state index in [2.05, 4.69) is 28.8 Å². The van der Waals surface area contributed by atoms with Crippen LogP contribution in [0.4, 0.5) is 0 Å². The molecule has 2 rings (SSSR count). The molecule has 1 aromatic carbocycles. The van der Waals surface area contributed by atoms with Gasteiger partial charge in [-0.3, -0.25) is 9.69 Å². The number of sulfonamides is 1. The summed E-state index contributed by atoms with van der Waals surface area (Å²) < 4.78 is 33.6. The van der Waals surface area contributed by atoms with Gasteiger partial charge in [-0.1, -0.05) is 26.7 Å². The number of hydrogen-bond acceptors (Lipinski definition) is 5. The van der Waals surface area contributed by atoms with Crippen LogP contribution in [-0.4, -0.2) is 65.2 Å². The van der Waals surface area contributed by atoms with Crippen LogP contribution >= 0.6 is 0 Å². The predicted molar refractivity (Wildman–Crippen MR) is 105 cm³/mol. The zero-order valence-electron chi connectivity index (χ0n) is 16.4. The fourth-order valence-electron chi connectivity index (χ4n) is 3.54. The molecule has 1 atom stereocenters. The van der Waals surface area contributed by atoms with Gasteiger partial charge in [0.1, 0.15) is 0 Å². The van der Waals surface area contributed by atoms with E-state index in [9.17, 15) is 13.2 Å². The smallest absolute Gasteiger partial charge is 0.251 e. The van der Waals surface area contributed by atoms with Gasteiger partial charge in [0.25, 0.3) is 5.91 Å². The Bertz CT molecular complexity index is 696. The van der Waals surface area contributed by atoms with Crippen LogP contribution in [0.2, 0.25) is 0 Å². The number of rotatable bonds is 9. The largest absolute Gasteiger partial charge is 0.379 e. The summed E-state index contributed by atoms with van der Waals surface area (Å²) in [4.78, 5) is 14.1. The summed E-state index contributed by atoms with van der Waals surface area (Å²) in [5.74, 6) is 0.175. The van der Waals surface area contributed by atoms with Crippen LogP contribution < -0.4 is 10.0 Å². The number of nitrogens with one attached hydrogen (secondary N) is 2. The highest BCUT2D eigenvalue weighted by atomic mass is 32.2. The van der Waals surface area contributed by atoms with Gasteiger partial charge in [0.15, 0.2) is 0 Å². The Morgan fingerprint density at radius 1 is 1.15 bits per heavy atom. The van der Waals surface area contributed by atoms with Gasteiger partial charge in [0.2, 0.25) is 10.0 Å². The number of benzene rings is 1. The molecule has 1 amide bonds. The van der Waals surface area contributed by atoms with E-state index < -0.39 is 10.0 Å². The highest BCUT2D eigenvalue weighted by Gasteiger charge is 2.28. The summed E-state index contributed by atoms with van der Waals surface area (Å²) in [5.41, 5.74) is 0.430. The van der Waals surface area contributed by atoms with Crippen LogP contribution in [0.1, 0.15) is 37.0 Å². The topological polar surface area (TPSA) is 87.7 Å². The van der Waals surface area contributed by atoms with Crippen molar-refractivity contribution in [2.24, 2.45) is 5.92 Å². The maximum absolute atomic E-state index is 12.7. The first kappa shape index (κ1) is 21.8. The fourth-order valence-corrected chi connectivity index (χ4v) is 4.60. The number of carbonyl (C=O) groups is 1. The van der Waals surface area contributed by atoms with Crippen molar-refractivity contribution < 1.29 is 17.9 Å². The maximum Gasteiger partial charge on any atom is 0.251 e. The molecule has 2 N–H and O–H groups in total. The molecule has 1 aliphatic rings. The van der Waals surface area contributed by atoms with E-state index in [1.807, 2.05) is 0 Å². The Morgan fingerprint density at radius 2 is 1.74 bits per heavy atom. The number of morpholine rings is 1. The first-order valence-corrected chi connectivity index (χ1v) is 11.0. The summed E-state index contributed by atoms with van der Waals surface area (Å²) in [6, 6.07) is 6.12. The van der Waals surface area contributed by atoms with Gasteiger partial charge in [-0.25, -0.2) is 13.1 Å². The molecule has 0 bridgehead atoms. The van der Waals surface area contributed by atoms with Crippen molar-refractivity contribution in [3.63, 3.8) is 0 Å². The van der Waals surface area contributed by atoms with Crippen LogP contribution in [0.15, 0.2) is 29.2 Å². The van der Waals surface area contributed by atoms with E-state index >= 15 is 0 Å². The Morgan fingerprint density at radius 3 is 2.26 bits per heavy atom. The Labute approximate surface area is 162 Å². The van der Waals surface area contributed by atoms with E-state index in [0.29, 0.717) is 31.2 Å². The van der Waals surface area contributed by atoms with Gasteiger partial charge in [-0.05, 0) is 30.2 Å². The Kier molecular flexibility index (Phi) is 8.22.